The first-order valence-electron chi connectivity index (χ1n) is 6.99. The summed E-state index contributed by atoms with van der Waals surface area (Å²) in [7, 11) is 0. The van der Waals surface area contributed by atoms with Crippen molar-refractivity contribution in [2.75, 3.05) is 0 Å². The lowest BCUT2D eigenvalue weighted by molar-refractivity contribution is -0.0229. The van der Waals surface area contributed by atoms with Gasteiger partial charge in [0.25, 0.3) is 0 Å². The standard InChI is InChI=1S/C16H19IN2O/c1-16(2)8-7-13(20-16)11-19-10-12(9-18-19)14-5-3-4-6-15(14)17/h3-6,9-10,13H,7-8,11H2,1-2H3. The van der Waals surface area contributed by atoms with Crippen LogP contribution in [0.15, 0.2) is 36.7 Å². The first-order valence-corrected chi connectivity index (χ1v) is 8.06. The van der Waals surface area contributed by atoms with E-state index >= 15 is 0 Å². The van der Waals surface area contributed by atoms with Crippen LogP contribution in [0, 0.1) is 3.57 Å². The van der Waals surface area contributed by atoms with Crippen LogP contribution < -0.4 is 0 Å². The van der Waals surface area contributed by atoms with Crippen LogP contribution in [0.3, 0.4) is 0 Å². The van der Waals surface area contributed by atoms with Gasteiger partial charge in [0.1, 0.15) is 0 Å². The zero-order valence-electron chi connectivity index (χ0n) is 11.8. The van der Waals surface area contributed by atoms with Gasteiger partial charge in [-0.15, -0.1) is 0 Å². The minimum absolute atomic E-state index is 0.0233. The molecule has 1 fully saturated rings. The maximum atomic E-state index is 6.03. The lowest BCUT2D eigenvalue weighted by atomic mass is 10.1. The van der Waals surface area contributed by atoms with Crippen LogP contribution in [0.25, 0.3) is 11.1 Å². The number of halogens is 1. The Morgan fingerprint density at radius 1 is 1.40 bits per heavy atom. The molecular weight excluding hydrogens is 363 g/mol. The van der Waals surface area contributed by atoms with Crippen LogP contribution in [-0.4, -0.2) is 21.5 Å². The highest BCUT2D eigenvalue weighted by Crippen LogP contribution is 2.30. The Hall–Kier alpha value is -0.880. The van der Waals surface area contributed by atoms with E-state index in [0.29, 0.717) is 0 Å². The van der Waals surface area contributed by atoms with Crippen LogP contribution in [-0.2, 0) is 11.3 Å². The van der Waals surface area contributed by atoms with Crippen molar-refractivity contribution in [3.63, 3.8) is 0 Å². The molecule has 0 bridgehead atoms. The summed E-state index contributed by atoms with van der Waals surface area (Å²) in [6.07, 6.45) is 6.59. The Morgan fingerprint density at radius 2 is 2.20 bits per heavy atom. The van der Waals surface area contributed by atoms with E-state index < -0.39 is 0 Å². The second-order valence-electron chi connectivity index (χ2n) is 5.97. The number of hydrogen-bond acceptors (Lipinski definition) is 2. The normalized spacial score (nSPS) is 21.2. The van der Waals surface area contributed by atoms with Crippen molar-refractivity contribution in [3.05, 3.63) is 40.2 Å². The van der Waals surface area contributed by atoms with Gasteiger partial charge in [-0.05, 0) is 60.9 Å². The summed E-state index contributed by atoms with van der Waals surface area (Å²) in [4.78, 5) is 0. The summed E-state index contributed by atoms with van der Waals surface area (Å²) >= 11 is 2.37. The Kier molecular flexibility index (Phi) is 3.86. The fourth-order valence-electron chi connectivity index (χ4n) is 2.71. The van der Waals surface area contributed by atoms with E-state index in [2.05, 4.69) is 72.0 Å². The molecule has 0 spiro atoms. The van der Waals surface area contributed by atoms with Gasteiger partial charge in [-0.25, -0.2) is 0 Å². The van der Waals surface area contributed by atoms with Crippen LogP contribution >= 0.6 is 22.6 Å². The highest BCUT2D eigenvalue weighted by molar-refractivity contribution is 14.1. The van der Waals surface area contributed by atoms with Gasteiger partial charge in [-0.1, -0.05) is 18.2 Å². The van der Waals surface area contributed by atoms with E-state index in [0.717, 1.165) is 19.4 Å². The van der Waals surface area contributed by atoms with Crippen LogP contribution in [0.4, 0.5) is 0 Å². The molecule has 1 aliphatic rings. The molecule has 1 saturated heterocycles. The average Bonchev–Trinajstić information content (AvgIpc) is 2.97. The van der Waals surface area contributed by atoms with Crippen molar-refractivity contribution in [2.24, 2.45) is 0 Å². The molecule has 4 heteroatoms. The summed E-state index contributed by atoms with van der Waals surface area (Å²) in [5.74, 6) is 0. The second-order valence-corrected chi connectivity index (χ2v) is 7.13. The van der Waals surface area contributed by atoms with E-state index in [-0.39, 0.29) is 11.7 Å². The average molecular weight is 382 g/mol. The summed E-state index contributed by atoms with van der Waals surface area (Å²) in [6, 6.07) is 8.38. The molecular formula is C16H19IN2O. The molecule has 1 atom stereocenters. The number of aromatic nitrogens is 2. The fraction of sp³-hybridized carbons (Fsp3) is 0.438. The van der Waals surface area contributed by atoms with Gasteiger partial charge in [-0.2, -0.15) is 5.10 Å². The number of nitrogens with zero attached hydrogens (tertiary/aromatic N) is 2. The quantitative estimate of drug-likeness (QED) is 0.747. The maximum Gasteiger partial charge on any atom is 0.0779 e. The smallest absolute Gasteiger partial charge is 0.0779 e. The highest BCUT2D eigenvalue weighted by atomic mass is 127. The summed E-state index contributed by atoms with van der Waals surface area (Å²) in [5, 5.41) is 4.48. The van der Waals surface area contributed by atoms with Crippen LogP contribution in [0.1, 0.15) is 26.7 Å². The largest absolute Gasteiger partial charge is 0.370 e. The van der Waals surface area contributed by atoms with E-state index in [1.165, 1.54) is 14.7 Å². The summed E-state index contributed by atoms with van der Waals surface area (Å²) in [5.41, 5.74) is 2.44. The maximum absolute atomic E-state index is 6.03. The molecule has 0 saturated carbocycles. The first-order chi connectivity index (χ1) is 9.53. The van der Waals surface area contributed by atoms with E-state index in [4.69, 9.17) is 4.74 Å². The lowest BCUT2D eigenvalue weighted by Gasteiger charge is -2.19. The molecule has 1 aromatic carbocycles. The number of hydrogen-bond donors (Lipinski definition) is 0. The third-order valence-electron chi connectivity index (χ3n) is 3.76. The number of benzene rings is 1. The topological polar surface area (TPSA) is 27.1 Å². The van der Waals surface area contributed by atoms with Gasteiger partial charge in [0.2, 0.25) is 0 Å². The molecule has 3 rings (SSSR count). The minimum Gasteiger partial charge on any atom is -0.370 e. The van der Waals surface area contributed by atoms with Crippen LogP contribution in [0.2, 0.25) is 0 Å². The van der Waals surface area contributed by atoms with Gasteiger partial charge in [0, 0.05) is 15.3 Å². The van der Waals surface area contributed by atoms with Crippen molar-refractivity contribution in [3.8, 4) is 11.1 Å². The molecule has 1 unspecified atom stereocenters. The van der Waals surface area contributed by atoms with Gasteiger partial charge >= 0.3 is 0 Å². The van der Waals surface area contributed by atoms with Gasteiger partial charge in [0.05, 0.1) is 24.4 Å². The SMILES string of the molecule is CC1(C)CCC(Cn2cc(-c3ccccc3I)cn2)O1. The Morgan fingerprint density at radius 3 is 2.90 bits per heavy atom. The van der Waals surface area contributed by atoms with Gasteiger partial charge in [0.15, 0.2) is 0 Å². The second kappa shape index (κ2) is 5.48. The van der Waals surface area contributed by atoms with Crippen molar-refractivity contribution in [2.45, 2.75) is 44.9 Å². The highest BCUT2D eigenvalue weighted by Gasteiger charge is 2.31. The van der Waals surface area contributed by atoms with Crippen LogP contribution in [0.5, 0.6) is 0 Å². The summed E-state index contributed by atoms with van der Waals surface area (Å²) in [6.45, 7) is 5.16. The molecule has 3 nitrogen and oxygen atoms in total. The molecule has 2 heterocycles. The molecule has 1 aromatic heterocycles. The molecule has 0 aliphatic carbocycles. The Bertz CT molecular complexity index is 606. The minimum atomic E-state index is 0.0233. The molecule has 2 aromatic rings. The molecule has 0 N–H and O–H groups in total. The van der Waals surface area contributed by atoms with Gasteiger partial charge < -0.3 is 4.74 Å². The molecule has 0 amide bonds. The third-order valence-corrected chi connectivity index (χ3v) is 4.70. The van der Waals surface area contributed by atoms with E-state index in [9.17, 15) is 0 Å². The Labute approximate surface area is 133 Å². The summed E-state index contributed by atoms with van der Waals surface area (Å²) < 4.78 is 9.29. The number of rotatable bonds is 3. The van der Waals surface area contributed by atoms with E-state index in [1.807, 2.05) is 10.9 Å². The van der Waals surface area contributed by atoms with Crippen molar-refractivity contribution >= 4 is 22.6 Å². The molecule has 1 aliphatic heterocycles. The first kappa shape index (κ1) is 14.1. The zero-order valence-corrected chi connectivity index (χ0v) is 14.0. The lowest BCUT2D eigenvalue weighted by Crippen LogP contribution is -2.23. The monoisotopic (exact) mass is 382 g/mol. The molecule has 20 heavy (non-hydrogen) atoms. The Balaban J connectivity index is 1.73. The van der Waals surface area contributed by atoms with E-state index in [1.54, 1.807) is 0 Å². The third kappa shape index (κ3) is 3.06. The van der Waals surface area contributed by atoms with Crippen molar-refractivity contribution < 1.29 is 4.74 Å². The van der Waals surface area contributed by atoms with Gasteiger partial charge in [-0.3, -0.25) is 4.68 Å². The predicted octanol–water partition coefficient (Wildman–Crippen LogP) is 4.11. The van der Waals surface area contributed by atoms with Crippen molar-refractivity contribution in [1.29, 1.82) is 0 Å². The zero-order chi connectivity index (χ0) is 14.2. The fourth-order valence-corrected chi connectivity index (χ4v) is 3.41. The predicted molar refractivity (Wildman–Crippen MR) is 88.6 cm³/mol. The molecule has 106 valence electrons. The molecule has 0 radical (unpaired) electrons. The number of ether oxygens (including phenoxy) is 1. The van der Waals surface area contributed by atoms with Crippen molar-refractivity contribution in [1.82, 2.24) is 9.78 Å².